The Hall–Kier alpha value is -2.44. The second-order valence-electron chi connectivity index (χ2n) is 4.62. The molecule has 0 atom stereocenters. The van der Waals surface area contributed by atoms with E-state index in [1.165, 1.54) is 18.2 Å². The second-order valence-corrected chi connectivity index (χ2v) is 6.45. The van der Waals surface area contributed by atoms with Crippen molar-refractivity contribution in [2.24, 2.45) is 4.99 Å². The van der Waals surface area contributed by atoms with E-state index in [0.29, 0.717) is 0 Å². The number of aliphatic imine (C=N–C) groups is 1. The SMILES string of the molecule is CS(=O)(=O)NCc1nonc1C(=Nc1cccc(C(F)F)c1)NO. The lowest BCUT2D eigenvalue weighted by molar-refractivity contribution is 0.151. The van der Waals surface area contributed by atoms with Crippen molar-refractivity contribution < 1.29 is 27.0 Å². The predicted molar refractivity (Wildman–Crippen MR) is 78.5 cm³/mol. The van der Waals surface area contributed by atoms with E-state index in [-0.39, 0.29) is 35.0 Å². The molecule has 0 saturated heterocycles. The highest BCUT2D eigenvalue weighted by Crippen LogP contribution is 2.23. The number of nitrogens with one attached hydrogen (secondary N) is 2. The van der Waals surface area contributed by atoms with Crippen molar-refractivity contribution in [2.75, 3.05) is 6.26 Å². The van der Waals surface area contributed by atoms with Crippen molar-refractivity contribution >= 4 is 21.5 Å². The molecule has 0 aliphatic heterocycles. The van der Waals surface area contributed by atoms with E-state index in [0.717, 1.165) is 12.3 Å². The molecule has 0 fully saturated rings. The lowest BCUT2D eigenvalue weighted by atomic mass is 10.2. The first-order valence-electron chi connectivity index (χ1n) is 6.43. The maximum atomic E-state index is 12.7. The van der Waals surface area contributed by atoms with Crippen LogP contribution >= 0.6 is 0 Å². The highest BCUT2D eigenvalue weighted by atomic mass is 32.2. The van der Waals surface area contributed by atoms with Crippen LogP contribution in [0.15, 0.2) is 33.9 Å². The minimum Gasteiger partial charge on any atom is -0.290 e. The van der Waals surface area contributed by atoms with Gasteiger partial charge >= 0.3 is 0 Å². The molecule has 2 rings (SSSR count). The van der Waals surface area contributed by atoms with Gasteiger partial charge in [-0.25, -0.2) is 31.5 Å². The lowest BCUT2D eigenvalue weighted by Crippen LogP contribution is -2.26. The van der Waals surface area contributed by atoms with Gasteiger partial charge < -0.3 is 0 Å². The molecule has 0 aliphatic rings. The third kappa shape index (κ3) is 4.78. The predicted octanol–water partition coefficient (Wildman–Crippen LogP) is 1.11. The first kappa shape index (κ1) is 17.9. The molecule has 1 aromatic heterocycles. The Morgan fingerprint density at radius 2 is 2.17 bits per heavy atom. The first-order valence-corrected chi connectivity index (χ1v) is 8.32. The van der Waals surface area contributed by atoms with Crippen LogP contribution in [0.4, 0.5) is 14.5 Å². The molecule has 2 aromatic rings. The van der Waals surface area contributed by atoms with Crippen molar-refractivity contribution in [3.8, 4) is 0 Å². The molecule has 1 aromatic carbocycles. The Morgan fingerprint density at radius 3 is 2.79 bits per heavy atom. The zero-order valence-electron chi connectivity index (χ0n) is 12.3. The van der Waals surface area contributed by atoms with Gasteiger partial charge in [0.2, 0.25) is 10.0 Å². The largest absolute Gasteiger partial charge is 0.290 e. The van der Waals surface area contributed by atoms with E-state index in [9.17, 15) is 22.4 Å². The summed E-state index contributed by atoms with van der Waals surface area (Å²) in [6.45, 7) is -0.255. The smallest absolute Gasteiger partial charge is 0.263 e. The van der Waals surface area contributed by atoms with Crippen LogP contribution in [0.3, 0.4) is 0 Å². The number of alkyl halides is 2. The average Bonchev–Trinajstić information content (AvgIpc) is 2.98. The van der Waals surface area contributed by atoms with Crippen molar-refractivity contribution in [1.82, 2.24) is 20.5 Å². The van der Waals surface area contributed by atoms with E-state index in [2.05, 4.69) is 24.7 Å². The van der Waals surface area contributed by atoms with Gasteiger partial charge in [-0.2, -0.15) is 0 Å². The van der Waals surface area contributed by atoms with Gasteiger partial charge in [-0.3, -0.25) is 10.7 Å². The fourth-order valence-electron chi connectivity index (χ4n) is 1.69. The average molecular weight is 361 g/mol. The summed E-state index contributed by atoms with van der Waals surface area (Å²) in [7, 11) is -3.49. The Bertz CT molecular complexity index is 837. The van der Waals surface area contributed by atoms with Crippen molar-refractivity contribution in [1.29, 1.82) is 0 Å². The van der Waals surface area contributed by atoms with Gasteiger partial charge in [0.1, 0.15) is 5.69 Å². The number of amidine groups is 1. The van der Waals surface area contributed by atoms with Crippen molar-refractivity contribution in [3.05, 3.63) is 41.2 Å². The molecule has 0 saturated carbocycles. The van der Waals surface area contributed by atoms with E-state index < -0.39 is 16.4 Å². The zero-order valence-corrected chi connectivity index (χ0v) is 13.1. The van der Waals surface area contributed by atoms with Gasteiger partial charge in [-0.1, -0.05) is 17.3 Å². The van der Waals surface area contributed by atoms with Crippen LogP contribution < -0.4 is 10.2 Å². The quantitative estimate of drug-likeness (QED) is 0.399. The fraction of sp³-hybridized carbons (Fsp3) is 0.250. The number of hydrogen-bond donors (Lipinski definition) is 3. The summed E-state index contributed by atoms with van der Waals surface area (Å²) >= 11 is 0. The summed E-state index contributed by atoms with van der Waals surface area (Å²) in [5.74, 6) is -0.243. The molecule has 0 aliphatic carbocycles. The molecule has 1 heterocycles. The highest BCUT2D eigenvalue weighted by molar-refractivity contribution is 7.88. The van der Waals surface area contributed by atoms with Crippen LogP contribution in [0.1, 0.15) is 23.4 Å². The molecule has 0 bridgehead atoms. The van der Waals surface area contributed by atoms with E-state index >= 15 is 0 Å². The Labute approximate surface area is 135 Å². The molecule has 0 amide bonds. The summed E-state index contributed by atoms with van der Waals surface area (Å²) in [5.41, 5.74) is 1.61. The number of hydroxylamine groups is 1. The summed E-state index contributed by atoms with van der Waals surface area (Å²) < 4.78 is 54.3. The molecular formula is C12H13F2N5O4S. The number of benzene rings is 1. The minimum atomic E-state index is -3.49. The maximum Gasteiger partial charge on any atom is 0.263 e. The van der Waals surface area contributed by atoms with E-state index in [1.54, 1.807) is 5.48 Å². The van der Waals surface area contributed by atoms with E-state index in [4.69, 9.17) is 0 Å². The Morgan fingerprint density at radius 1 is 1.42 bits per heavy atom. The maximum absolute atomic E-state index is 12.7. The standard InChI is InChI=1S/C12H13F2N5O4S/c1-24(21,22)15-6-9-10(19-23-18-9)12(17-20)16-8-4-2-3-7(5-8)11(13)14/h2-5,11,15,20H,6H2,1H3,(H,16,17). The van der Waals surface area contributed by atoms with Crippen LogP contribution in [0, 0.1) is 0 Å². The summed E-state index contributed by atoms with van der Waals surface area (Å²) in [6.07, 6.45) is -1.72. The Kier molecular flexibility index (Phi) is 5.54. The first-order chi connectivity index (χ1) is 11.3. The third-order valence-electron chi connectivity index (χ3n) is 2.75. The van der Waals surface area contributed by atoms with Crippen LogP contribution in [0.25, 0.3) is 0 Å². The minimum absolute atomic E-state index is 0.0470. The second kappa shape index (κ2) is 7.42. The number of hydrogen-bond acceptors (Lipinski definition) is 7. The summed E-state index contributed by atoms with van der Waals surface area (Å²) in [5, 5.41) is 16.2. The Balaban J connectivity index is 2.32. The van der Waals surface area contributed by atoms with Gasteiger partial charge in [0.05, 0.1) is 18.5 Å². The number of nitrogens with zero attached hydrogens (tertiary/aromatic N) is 3. The van der Waals surface area contributed by atoms with Gasteiger partial charge in [0.15, 0.2) is 11.5 Å². The number of rotatable bonds is 6. The zero-order chi connectivity index (χ0) is 17.7. The number of halogens is 2. The molecule has 0 unspecified atom stereocenters. The third-order valence-corrected chi connectivity index (χ3v) is 3.42. The lowest BCUT2D eigenvalue weighted by Gasteiger charge is -2.05. The molecular weight excluding hydrogens is 348 g/mol. The molecule has 3 N–H and O–H groups in total. The van der Waals surface area contributed by atoms with Crippen molar-refractivity contribution in [3.63, 3.8) is 0 Å². The van der Waals surface area contributed by atoms with Gasteiger partial charge in [-0.15, -0.1) is 0 Å². The van der Waals surface area contributed by atoms with Crippen LogP contribution in [-0.2, 0) is 16.6 Å². The highest BCUT2D eigenvalue weighted by Gasteiger charge is 2.18. The van der Waals surface area contributed by atoms with Gasteiger partial charge in [-0.05, 0) is 17.3 Å². The molecule has 24 heavy (non-hydrogen) atoms. The van der Waals surface area contributed by atoms with Crippen LogP contribution in [0.2, 0.25) is 0 Å². The normalized spacial score (nSPS) is 12.6. The van der Waals surface area contributed by atoms with Gasteiger partial charge in [0.25, 0.3) is 6.43 Å². The van der Waals surface area contributed by atoms with Gasteiger partial charge in [0, 0.05) is 5.56 Å². The summed E-state index contributed by atoms with van der Waals surface area (Å²) in [6, 6.07) is 5.17. The topological polar surface area (TPSA) is 130 Å². The molecule has 130 valence electrons. The molecule has 12 heteroatoms. The van der Waals surface area contributed by atoms with Crippen LogP contribution in [0.5, 0.6) is 0 Å². The van der Waals surface area contributed by atoms with Crippen molar-refractivity contribution in [2.45, 2.75) is 13.0 Å². The fourth-order valence-corrected chi connectivity index (χ4v) is 2.09. The number of aromatic nitrogens is 2. The molecule has 9 nitrogen and oxygen atoms in total. The molecule has 0 spiro atoms. The van der Waals surface area contributed by atoms with Crippen LogP contribution in [-0.4, -0.2) is 36.0 Å². The van der Waals surface area contributed by atoms with E-state index in [1.807, 2.05) is 0 Å². The number of sulfonamides is 1. The monoisotopic (exact) mass is 361 g/mol. The molecule has 0 radical (unpaired) electrons. The summed E-state index contributed by atoms with van der Waals surface area (Å²) in [4.78, 5) is 3.95.